The fourth-order valence-electron chi connectivity index (χ4n) is 4.71. The molecule has 1 aromatic carbocycles. The van der Waals surface area contributed by atoms with E-state index in [-0.39, 0.29) is 27.9 Å². The van der Waals surface area contributed by atoms with Crippen molar-refractivity contribution >= 4 is 21.8 Å². The molecule has 4 heterocycles. The molecule has 3 aliphatic rings. The van der Waals surface area contributed by atoms with Crippen molar-refractivity contribution in [2.45, 2.75) is 23.8 Å². The van der Waals surface area contributed by atoms with Crippen molar-refractivity contribution in [3.05, 3.63) is 64.1 Å². The summed E-state index contributed by atoms with van der Waals surface area (Å²) < 4.78 is 27.9. The minimum absolute atomic E-state index is 0.0310. The topological polar surface area (TPSA) is 96.8 Å². The third-order valence-electron chi connectivity index (χ3n) is 6.02. The fraction of sp³-hybridized carbons (Fsp3) is 0.350. The Bertz CT molecular complexity index is 1200. The van der Waals surface area contributed by atoms with Crippen LogP contribution in [0.4, 0.5) is 0 Å². The Kier molecular flexibility index (Phi) is 3.92. The second kappa shape index (κ2) is 6.28. The van der Waals surface area contributed by atoms with Gasteiger partial charge in [-0.2, -0.15) is 0 Å². The Balaban J connectivity index is 1.38. The molecule has 0 N–H and O–H groups in total. The second-order valence-electron chi connectivity index (χ2n) is 7.81. The van der Waals surface area contributed by atoms with Crippen LogP contribution in [0.2, 0.25) is 0 Å². The van der Waals surface area contributed by atoms with Crippen LogP contribution in [-0.4, -0.2) is 53.6 Å². The van der Waals surface area contributed by atoms with Gasteiger partial charge in [0, 0.05) is 37.3 Å². The van der Waals surface area contributed by atoms with Crippen LogP contribution in [0.5, 0.6) is 0 Å². The van der Waals surface area contributed by atoms with Gasteiger partial charge in [0.15, 0.2) is 0 Å². The predicted molar refractivity (Wildman–Crippen MR) is 103 cm³/mol. The number of rotatable bonds is 2. The normalized spacial score (nSPS) is 24.2. The average Bonchev–Trinajstić information content (AvgIpc) is 2.90. The van der Waals surface area contributed by atoms with Crippen LogP contribution in [0, 0.1) is 5.92 Å². The maximum atomic E-state index is 12.9. The highest BCUT2D eigenvalue weighted by atomic mass is 32.2. The van der Waals surface area contributed by atoms with Crippen LogP contribution in [0.25, 0.3) is 0 Å². The molecular weight excluding hydrogens is 394 g/mol. The molecule has 9 heteroatoms. The number of pyridine rings is 1. The van der Waals surface area contributed by atoms with Crippen LogP contribution in [-0.2, 0) is 21.4 Å². The number of aromatic nitrogens is 1. The lowest BCUT2D eigenvalue weighted by molar-refractivity contribution is -0.133. The number of benzene rings is 1. The van der Waals surface area contributed by atoms with Gasteiger partial charge in [0.05, 0.1) is 5.56 Å². The molecule has 1 aromatic heterocycles. The summed E-state index contributed by atoms with van der Waals surface area (Å²) in [4.78, 5) is 39.2. The fourth-order valence-corrected chi connectivity index (χ4v) is 6.23. The second-order valence-corrected chi connectivity index (χ2v) is 9.64. The van der Waals surface area contributed by atoms with E-state index in [2.05, 4.69) is 0 Å². The summed E-state index contributed by atoms with van der Waals surface area (Å²) >= 11 is 0. The minimum Gasteiger partial charge on any atom is -0.340 e. The van der Waals surface area contributed by atoms with E-state index in [1.165, 1.54) is 18.2 Å². The third-order valence-corrected chi connectivity index (χ3v) is 7.81. The molecule has 2 amide bonds. The maximum Gasteiger partial charge on any atom is 0.269 e. The molecule has 1 saturated heterocycles. The highest BCUT2D eigenvalue weighted by Crippen LogP contribution is 2.35. The van der Waals surface area contributed by atoms with Crippen LogP contribution < -0.4 is 5.56 Å². The van der Waals surface area contributed by atoms with Gasteiger partial charge in [-0.15, -0.1) is 0 Å². The Hall–Kier alpha value is -2.94. The zero-order chi connectivity index (χ0) is 20.3. The molecule has 0 unspecified atom stereocenters. The first-order chi connectivity index (χ1) is 13.9. The van der Waals surface area contributed by atoms with Crippen LogP contribution >= 0.6 is 0 Å². The highest BCUT2D eigenvalue weighted by molar-refractivity contribution is 7.90. The summed E-state index contributed by atoms with van der Waals surface area (Å²) in [6.45, 7) is 0.900. The minimum atomic E-state index is -4.01. The molecule has 2 atom stereocenters. The van der Waals surface area contributed by atoms with E-state index in [9.17, 15) is 22.8 Å². The van der Waals surface area contributed by atoms with Crippen LogP contribution in [0.1, 0.15) is 28.4 Å². The average molecular weight is 413 g/mol. The molecule has 0 saturated carbocycles. The van der Waals surface area contributed by atoms with E-state index in [1.807, 2.05) is 6.07 Å². The predicted octanol–water partition coefficient (Wildman–Crippen LogP) is 0.639. The van der Waals surface area contributed by atoms with Crippen molar-refractivity contribution in [3.63, 3.8) is 0 Å². The third kappa shape index (κ3) is 2.71. The Morgan fingerprint density at radius 1 is 1.00 bits per heavy atom. The number of hydrogen-bond donors (Lipinski definition) is 0. The zero-order valence-electron chi connectivity index (χ0n) is 15.5. The first kappa shape index (κ1) is 18.1. The van der Waals surface area contributed by atoms with E-state index in [1.54, 1.807) is 27.7 Å². The van der Waals surface area contributed by atoms with E-state index in [0.29, 0.717) is 23.9 Å². The number of hydrogen-bond acceptors (Lipinski definition) is 5. The van der Waals surface area contributed by atoms with E-state index < -0.39 is 28.4 Å². The molecule has 8 nitrogen and oxygen atoms in total. The van der Waals surface area contributed by atoms with Gasteiger partial charge in [0.1, 0.15) is 11.4 Å². The number of amides is 2. The molecule has 2 aromatic rings. The molecular formula is C20H19N3O5S. The molecule has 2 bridgehead atoms. The summed E-state index contributed by atoms with van der Waals surface area (Å²) in [6.07, 6.45) is 0.889. The van der Waals surface area contributed by atoms with Gasteiger partial charge < -0.3 is 9.47 Å². The summed E-state index contributed by atoms with van der Waals surface area (Å²) in [6, 6.07) is 11.2. The lowest BCUT2D eigenvalue weighted by Crippen LogP contribution is -2.51. The molecule has 1 fully saturated rings. The van der Waals surface area contributed by atoms with E-state index in [4.69, 9.17) is 0 Å². The summed E-state index contributed by atoms with van der Waals surface area (Å²) in [5, 5.41) is 0. The number of fused-ring (bicyclic) bond motifs is 5. The number of nitrogens with zero attached hydrogens (tertiary/aromatic N) is 3. The standard InChI is InChI=1S/C20H19N3O5S/c24-18-7-3-5-16-14-8-13(10-22(16)18)9-21(11-14)19(25)12-23-20(26)15-4-1-2-6-17(15)29(23,27)28/h1-7,13-14H,8-12H2/t13-,14+/m0/s1. The molecule has 3 aliphatic heterocycles. The molecule has 0 radical (unpaired) electrons. The van der Waals surface area contributed by atoms with Crippen molar-refractivity contribution in [1.29, 1.82) is 0 Å². The molecule has 29 heavy (non-hydrogen) atoms. The van der Waals surface area contributed by atoms with Gasteiger partial charge in [-0.3, -0.25) is 14.4 Å². The highest BCUT2D eigenvalue weighted by Gasteiger charge is 2.43. The van der Waals surface area contributed by atoms with Crippen molar-refractivity contribution in [1.82, 2.24) is 13.8 Å². The monoisotopic (exact) mass is 413 g/mol. The maximum absolute atomic E-state index is 12.9. The van der Waals surface area contributed by atoms with Crippen LogP contribution in [0.3, 0.4) is 0 Å². The van der Waals surface area contributed by atoms with Crippen molar-refractivity contribution in [2.75, 3.05) is 19.6 Å². The van der Waals surface area contributed by atoms with Gasteiger partial charge in [-0.05, 0) is 30.5 Å². The van der Waals surface area contributed by atoms with Gasteiger partial charge in [0.2, 0.25) is 5.91 Å². The number of likely N-dealkylation sites (tertiary alicyclic amines) is 1. The molecule has 0 spiro atoms. The molecule has 5 rings (SSSR count). The largest absolute Gasteiger partial charge is 0.340 e. The zero-order valence-corrected chi connectivity index (χ0v) is 16.3. The molecule has 150 valence electrons. The van der Waals surface area contributed by atoms with Crippen molar-refractivity contribution in [2.24, 2.45) is 5.92 Å². The first-order valence-electron chi connectivity index (χ1n) is 9.50. The lowest BCUT2D eigenvalue weighted by atomic mass is 9.83. The smallest absolute Gasteiger partial charge is 0.269 e. The summed E-state index contributed by atoms with van der Waals surface area (Å²) in [5.41, 5.74) is 0.969. The number of sulfonamides is 1. The Morgan fingerprint density at radius 2 is 1.79 bits per heavy atom. The quantitative estimate of drug-likeness (QED) is 0.720. The first-order valence-corrected chi connectivity index (χ1v) is 10.9. The SMILES string of the molecule is O=C(CN1C(=O)c2ccccc2S1(=O)=O)N1C[C@@H]2C[C@H](C1)c1cccc(=O)n1C2. The Morgan fingerprint density at radius 3 is 2.59 bits per heavy atom. The van der Waals surface area contributed by atoms with Crippen LogP contribution in [0.15, 0.2) is 52.2 Å². The van der Waals surface area contributed by atoms with Crippen molar-refractivity contribution < 1.29 is 18.0 Å². The number of carbonyl (C=O) groups excluding carboxylic acids is 2. The van der Waals surface area contributed by atoms with Crippen molar-refractivity contribution in [3.8, 4) is 0 Å². The van der Waals surface area contributed by atoms with E-state index >= 15 is 0 Å². The van der Waals surface area contributed by atoms with Gasteiger partial charge in [0.25, 0.3) is 21.5 Å². The van der Waals surface area contributed by atoms with Gasteiger partial charge >= 0.3 is 0 Å². The Labute approximate surface area is 167 Å². The summed E-state index contributed by atoms with van der Waals surface area (Å²) in [5.74, 6) is -0.893. The van der Waals surface area contributed by atoms with Gasteiger partial charge in [-0.1, -0.05) is 18.2 Å². The van der Waals surface area contributed by atoms with E-state index in [0.717, 1.165) is 12.1 Å². The number of piperidine rings is 1. The molecule has 0 aliphatic carbocycles. The lowest BCUT2D eigenvalue weighted by Gasteiger charge is -2.43. The van der Waals surface area contributed by atoms with Gasteiger partial charge in [-0.25, -0.2) is 12.7 Å². The number of carbonyl (C=O) groups is 2. The summed E-state index contributed by atoms with van der Waals surface area (Å²) in [7, 11) is -4.01.